The second-order valence-electron chi connectivity index (χ2n) is 5.33. The van der Waals surface area contributed by atoms with Gasteiger partial charge in [0.1, 0.15) is 0 Å². The Bertz CT molecular complexity index is 456. The highest BCUT2D eigenvalue weighted by molar-refractivity contribution is 5.97. The molecule has 1 unspecified atom stereocenters. The number of hydrogen-bond acceptors (Lipinski definition) is 2. The molecule has 0 aromatic heterocycles. The van der Waals surface area contributed by atoms with Crippen LogP contribution >= 0.6 is 0 Å². The zero-order chi connectivity index (χ0) is 13.8. The van der Waals surface area contributed by atoms with Gasteiger partial charge in [-0.3, -0.25) is 4.79 Å². The van der Waals surface area contributed by atoms with Crippen molar-refractivity contribution < 1.29 is 4.79 Å². The van der Waals surface area contributed by atoms with Crippen LogP contribution in [0.5, 0.6) is 0 Å². The summed E-state index contributed by atoms with van der Waals surface area (Å²) < 4.78 is 0. The number of nitrogens with two attached hydrogens (primary N) is 1. The standard InChI is InChI=1S/C16H24N2O/c1-3-5-7-12(4-2)16(19)18-11-10-13-14(17)8-6-9-15(13)18/h6,8-9,12H,3-5,7,10-11,17H2,1-2H3. The smallest absolute Gasteiger partial charge is 0.230 e. The van der Waals surface area contributed by atoms with Gasteiger partial charge in [0.25, 0.3) is 0 Å². The van der Waals surface area contributed by atoms with Crippen LogP contribution in [0, 0.1) is 5.92 Å². The molecule has 1 aliphatic heterocycles. The van der Waals surface area contributed by atoms with Crippen molar-refractivity contribution in [2.45, 2.75) is 46.0 Å². The minimum absolute atomic E-state index is 0.160. The molecule has 1 aliphatic rings. The van der Waals surface area contributed by atoms with Gasteiger partial charge >= 0.3 is 0 Å². The molecule has 1 aromatic rings. The van der Waals surface area contributed by atoms with Gasteiger partial charge in [-0.05, 0) is 31.4 Å². The van der Waals surface area contributed by atoms with Gasteiger partial charge in [0.2, 0.25) is 5.91 Å². The minimum atomic E-state index is 0.160. The van der Waals surface area contributed by atoms with E-state index < -0.39 is 0 Å². The zero-order valence-corrected chi connectivity index (χ0v) is 12.0. The zero-order valence-electron chi connectivity index (χ0n) is 12.0. The van der Waals surface area contributed by atoms with Crippen molar-refractivity contribution in [2.75, 3.05) is 17.2 Å². The van der Waals surface area contributed by atoms with Crippen LogP contribution in [-0.2, 0) is 11.2 Å². The Labute approximate surface area is 115 Å². The number of rotatable bonds is 5. The number of carbonyl (C=O) groups is 1. The summed E-state index contributed by atoms with van der Waals surface area (Å²) in [4.78, 5) is 14.6. The number of fused-ring (bicyclic) bond motifs is 1. The van der Waals surface area contributed by atoms with E-state index in [0.717, 1.165) is 55.6 Å². The number of anilines is 2. The van der Waals surface area contributed by atoms with E-state index in [0.29, 0.717) is 0 Å². The second kappa shape index (κ2) is 6.09. The molecule has 0 spiro atoms. The molecule has 0 saturated carbocycles. The van der Waals surface area contributed by atoms with Crippen molar-refractivity contribution >= 4 is 17.3 Å². The fourth-order valence-electron chi connectivity index (χ4n) is 2.86. The largest absolute Gasteiger partial charge is 0.398 e. The number of benzene rings is 1. The van der Waals surface area contributed by atoms with E-state index in [2.05, 4.69) is 13.8 Å². The van der Waals surface area contributed by atoms with Crippen LogP contribution < -0.4 is 10.6 Å². The topological polar surface area (TPSA) is 46.3 Å². The summed E-state index contributed by atoms with van der Waals surface area (Å²) in [6, 6.07) is 5.87. The highest BCUT2D eigenvalue weighted by Gasteiger charge is 2.29. The number of nitrogens with zero attached hydrogens (tertiary/aromatic N) is 1. The van der Waals surface area contributed by atoms with Crippen LogP contribution in [0.25, 0.3) is 0 Å². The molecule has 3 heteroatoms. The summed E-state index contributed by atoms with van der Waals surface area (Å²) in [5.74, 6) is 0.438. The first-order valence-electron chi connectivity index (χ1n) is 7.37. The maximum absolute atomic E-state index is 12.6. The molecule has 19 heavy (non-hydrogen) atoms. The van der Waals surface area contributed by atoms with Gasteiger partial charge in [0.15, 0.2) is 0 Å². The molecular weight excluding hydrogens is 236 g/mol. The van der Waals surface area contributed by atoms with Gasteiger partial charge < -0.3 is 10.6 Å². The van der Waals surface area contributed by atoms with Crippen molar-refractivity contribution in [3.63, 3.8) is 0 Å². The third-order valence-electron chi connectivity index (χ3n) is 4.08. The fourth-order valence-corrected chi connectivity index (χ4v) is 2.86. The monoisotopic (exact) mass is 260 g/mol. The Morgan fingerprint density at radius 3 is 2.89 bits per heavy atom. The van der Waals surface area contributed by atoms with Gasteiger partial charge in [-0.2, -0.15) is 0 Å². The van der Waals surface area contributed by atoms with Crippen LogP contribution in [0.3, 0.4) is 0 Å². The predicted octanol–water partition coefficient (Wildman–Crippen LogP) is 3.37. The Morgan fingerprint density at radius 1 is 1.42 bits per heavy atom. The van der Waals surface area contributed by atoms with Crippen LogP contribution in [0.15, 0.2) is 18.2 Å². The van der Waals surface area contributed by atoms with E-state index in [1.807, 2.05) is 23.1 Å². The first-order valence-corrected chi connectivity index (χ1v) is 7.37. The first kappa shape index (κ1) is 13.9. The summed E-state index contributed by atoms with van der Waals surface area (Å²) in [6.07, 6.45) is 5.08. The van der Waals surface area contributed by atoms with Gasteiger partial charge in [-0.15, -0.1) is 0 Å². The number of carbonyl (C=O) groups excluding carboxylic acids is 1. The molecule has 0 bridgehead atoms. The number of unbranched alkanes of at least 4 members (excludes halogenated alkanes) is 1. The van der Waals surface area contributed by atoms with Crippen LogP contribution in [0.4, 0.5) is 11.4 Å². The van der Waals surface area contributed by atoms with Gasteiger partial charge in [-0.1, -0.05) is 32.8 Å². The summed E-state index contributed by atoms with van der Waals surface area (Å²) in [7, 11) is 0. The van der Waals surface area contributed by atoms with Crippen molar-refractivity contribution in [2.24, 2.45) is 5.92 Å². The van der Waals surface area contributed by atoms with E-state index in [4.69, 9.17) is 5.73 Å². The van der Waals surface area contributed by atoms with E-state index in [1.165, 1.54) is 0 Å². The Hall–Kier alpha value is -1.51. The van der Waals surface area contributed by atoms with E-state index in [-0.39, 0.29) is 11.8 Å². The Balaban J connectivity index is 2.16. The maximum atomic E-state index is 12.6. The lowest BCUT2D eigenvalue weighted by Crippen LogP contribution is -2.34. The van der Waals surface area contributed by atoms with E-state index >= 15 is 0 Å². The molecule has 0 fully saturated rings. The van der Waals surface area contributed by atoms with Crippen molar-refractivity contribution in [3.8, 4) is 0 Å². The first-order chi connectivity index (χ1) is 9.19. The third kappa shape index (κ3) is 2.75. The summed E-state index contributed by atoms with van der Waals surface area (Å²) >= 11 is 0. The summed E-state index contributed by atoms with van der Waals surface area (Å²) in [5, 5.41) is 0. The van der Waals surface area contributed by atoms with Gasteiger partial charge in [-0.25, -0.2) is 0 Å². The van der Waals surface area contributed by atoms with Crippen molar-refractivity contribution in [3.05, 3.63) is 23.8 Å². The van der Waals surface area contributed by atoms with E-state index in [1.54, 1.807) is 0 Å². The molecule has 1 aromatic carbocycles. The fraction of sp³-hybridized carbons (Fsp3) is 0.562. The van der Waals surface area contributed by atoms with Gasteiger partial charge in [0.05, 0.1) is 0 Å². The number of amides is 1. The molecule has 1 atom stereocenters. The van der Waals surface area contributed by atoms with E-state index in [9.17, 15) is 4.79 Å². The summed E-state index contributed by atoms with van der Waals surface area (Å²) in [5.41, 5.74) is 8.97. The second-order valence-corrected chi connectivity index (χ2v) is 5.33. The molecule has 2 rings (SSSR count). The SMILES string of the molecule is CCCCC(CC)C(=O)N1CCc2c(N)cccc21. The normalized spacial score (nSPS) is 15.4. The van der Waals surface area contributed by atoms with Crippen LogP contribution in [0.2, 0.25) is 0 Å². The average molecular weight is 260 g/mol. The molecule has 2 N–H and O–H groups in total. The number of nitrogen functional groups attached to an aromatic ring is 1. The van der Waals surface area contributed by atoms with Crippen molar-refractivity contribution in [1.82, 2.24) is 0 Å². The minimum Gasteiger partial charge on any atom is -0.398 e. The quantitative estimate of drug-likeness (QED) is 0.825. The molecule has 0 radical (unpaired) electrons. The Kier molecular flexibility index (Phi) is 4.46. The Morgan fingerprint density at radius 2 is 2.21 bits per heavy atom. The highest BCUT2D eigenvalue weighted by atomic mass is 16.2. The lowest BCUT2D eigenvalue weighted by molar-refractivity contribution is -0.122. The molecule has 1 amide bonds. The summed E-state index contributed by atoms with van der Waals surface area (Å²) in [6.45, 7) is 5.06. The van der Waals surface area contributed by atoms with Crippen molar-refractivity contribution in [1.29, 1.82) is 0 Å². The molecule has 0 saturated heterocycles. The lowest BCUT2D eigenvalue weighted by Gasteiger charge is -2.23. The van der Waals surface area contributed by atoms with Gasteiger partial charge in [0, 0.05) is 29.4 Å². The average Bonchev–Trinajstić information content (AvgIpc) is 2.84. The molecule has 0 aliphatic carbocycles. The molecule has 3 nitrogen and oxygen atoms in total. The molecular formula is C16H24N2O. The molecule has 1 heterocycles. The van der Waals surface area contributed by atoms with Crippen LogP contribution in [-0.4, -0.2) is 12.5 Å². The highest BCUT2D eigenvalue weighted by Crippen LogP contribution is 2.33. The number of hydrogen-bond donors (Lipinski definition) is 1. The van der Waals surface area contributed by atoms with Crippen LogP contribution in [0.1, 0.15) is 45.1 Å². The lowest BCUT2D eigenvalue weighted by atomic mass is 9.97. The molecule has 104 valence electrons. The maximum Gasteiger partial charge on any atom is 0.230 e. The third-order valence-corrected chi connectivity index (χ3v) is 4.08. The predicted molar refractivity (Wildman–Crippen MR) is 80.2 cm³/mol.